The molecule has 0 spiro atoms. The summed E-state index contributed by atoms with van der Waals surface area (Å²) in [4.78, 5) is 20.0. The first-order valence-electron chi connectivity index (χ1n) is 9.08. The van der Waals surface area contributed by atoms with Crippen molar-refractivity contribution in [1.29, 1.82) is 0 Å². The predicted octanol–water partition coefficient (Wildman–Crippen LogP) is 3.22. The van der Waals surface area contributed by atoms with E-state index in [0.29, 0.717) is 13.2 Å². The molecular formula is C20H26IN3O2S. The zero-order chi connectivity index (χ0) is 19.6. The van der Waals surface area contributed by atoms with Gasteiger partial charge in [0.2, 0.25) is 0 Å². The van der Waals surface area contributed by atoms with E-state index >= 15 is 0 Å². The van der Waals surface area contributed by atoms with Gasteiger partial charge in [-0.2, -0.15) is 0 Å². The van der Waals surface area contributed by atoms with Crippen LogP contribution in [0.15, 0.2) is 32.8 Å². The van der Waals surface area contributed by atoms with E-state index in [0.717, 1.165) is 33.8 Å². The summed E-state index contributed by atoms with van der Waals surface area (Å²) in [7, 11) is 0. The highest BCUT2D eigenvalue weighted by molar-refractivity contribution is 14.1. The number of nitrogens with two attached hydrogens (primary N) is 1. The third-order valence-electron chi connectivity index (χ3n) is 4.71. The molecule has 1 aromatic heterocycles. The first-order chi connectivity index (χ1) is 12.9. The van der Waals surface area contributed by atoms with Crippen molar-refractivity contribution in [3.63, 3.8) is 0 Å². The second-order valence-electron chi connectivity index (χ2n) is 7.09. The highest BCUT2D eigenvalue weighted by Crippen LogP contribution is 2.35. The molecule has 2 aromatic rings. The smallest absolute Gasteiger partial charge is 0.262 e. The first kappa shape index (κ1) is 20.9. The molecule has 0 amide bonds. The second kappa shape index (κ2) is 9.09. The molecule has 27 heavy (non-hydrogen) atoms. The molecule has 146 valence electrons. The average molecular weight is 499 g/mol. The maximum Gasteiger partial charge on any atom is 0.262 e. The number of morpholine rings is 1. The lowest BCUT2D eigenvalue weighted by Gasteiger charge is -2.33. The van der Waals surface area contributed by atoms with Gasteiger partial charge in [0, 0.05) is 47.2 Å². The molecule has 2 heterocycles. The number of ether oxygens (including phenoxy) is 1. The molecule has 3 N–H and O–H groups in total. The van der Waals surface area contributed by atoms with Crippen LogP contribution in [-0.2, 0) is 11.3 Å². The maximum atomic E-state index is 12.4. The summed E-state index contributed by atoms with van der Waals surface area (Å²) in [5.74, 6) is 0. The van der Waals surface area contributed by atoms with Crippen LogP contribution in [0.5, 0.6) is 0 Å². The number of benzene rings is 1. The third kappa shape index (κ3) is 5.14. The number of hydrogen-bond acceptors (Lipinski definition) is 5. The molecular weight excluding hydrogens is 473 g/mol. The van der Waals surface area contributed by atoms with Gasteiger partial charge in [-0.1, -0.05) is 17.8 Å². The molecule has 0 radical (unpaired) electrons. The molecule has 7 heteroatoms. The van der Waals surface area contributed by atoms with Crippen molar-refractivity contribution >= 4 is 34.4 Å². The van der Waals surface area contributed by atoms with Crippen LogP contribution in [0.1, 0.15) is 22.4 Å². The minimum Gasteiger partial charge on any atom is -0.374 e. The zero-order valence-corrected chi connectivity index (χ0v) is 18.9. The van der Waals surface area contributed by atoms with Gasteiger partial charge in [0.05, 0.1) is 16.3 Å². The molecule has 0 aliphatic carbocycles. The van der Waals surface area contributed by atoms with Crippen LogP contribution in [0.3, 0.4) is 0 Å². The summed E-state index contributed by atoms with van der Waals surface area (Å²) in [6, 6.07) is 6.51. The number of rotatable bonds is 5. The lowest BCUT2D eigenvalue weighted by Crippen LogP contribution is -2.45. The number of pyridine rings is 1. The lowest BCUT2D eigenvalue weighted by atomic mass is 10.1. The Hall–Kier alpha value is -0.870. The Morgan fingerprint density at radius 1 is 1.30 bits per heavy atom. The Kier molecular flexibility index (Phi) is 7.02. The number of aromatic nitrogens is 1. The molecule has 1 aliphatic heterocycles. The molecule has 1 atom stereocenters. The SMILES string of the molecule is Cc1cc(C)cc(Sc2c(CN3CCOC(CN)C3)c(C)[nH]c(=O)c2I)c1. The number of H-pyrrole nitrogens is 1. The monoisotopic (exact) mass is 499 g/mol. The largest absolute Gasteiger partial charge is 0.374 e. The van der Waals surface area contributed by atoms with Crippen LogP contribution in [0.25, 0.3) is 0 Å². The van der Waals surface area contributed by atoms with Crippen molar-refractivity contribution in [2.24, 2.45) is 5.73 Å². The van der Waals surface area contributed by atoms with Crippen molar-refractivity contribution in [1.82, 2.24) is 9.88 Å². The van der Waals surface area contributed by atoms with Crippen molar-refractivity contribution < 1.29 is 4.74 Å². The molecule has 1 unspecified atom stereocenters. The van der Waals surface area contributed by atoms with Gasteiger partial charge in [-0.05, 0) is 66.6 Å². The molecule has 1 saturated heterocycles. The predicted molar refractivity (Wildman–Crippen MR) is 119 cm³/mol. The summed E-state index contributed by atoms with van der Waals surface area (Å²) in [5, 5.41) is 0. The highest BCUT2D eigenvalue weighted by Gasteiger charge is 2.23. The van der Waals surface area contributed by atoms with Crippen LogP contribution < -0.4 is 11.3 Å². The van der Waals surface area contributed by atoms with Gasteiger partial charge in [-0.3, -0.25) is 9.69 Å². The summed E-state index contributed by atoms with van der Waals surface area (Å²) in [5.41, 5.74) is 10.3. The van der Waals surface area contributed by atoms with Crippen LogP contribution in [0.4, 0.5) is 0 Å². The van der Waals surface area contributed by atoms with Gasteiger partial charge in [0.1, 0.15) is 0 Å². The molecule has 0 bridgehead atoms. The standard InChI is InChI=1S/C20H26IN3O2S/c1-12-6-13(2)8-16(7-12)27-19-17(14(3)23-20(25)18(19)21)11-24-4-5-26-15(9-22)10-24/h6-8,15H,4-5,9-11,22H2,1-3H3,(H,23,25). The lowest BCUT2D eigenvalue weighted by molar-refractivity contribution is -0.0263. The summed E-state index contributed by atoms with van der Waals surface area (Å²) in [6.07, 6.45) is 0.0800. The molecule has 1 aliphatic rings. The average Bonchev–Trinajstić information content (AvgIpc) is 2.62. The number of aryl methyl sites for hydroxylation is 3. The fourth-order valence-corrected chi connectivity index (χ4v) is 5.44. The van der Waals surface area contributed by atoms with Gasteiger partial charge in [0.15, 0.2) is 0 Å². The van der Waals surface area contributed by atoms with Crippen molar-refractivity contribution in [3.05, 3.63) is 54.5 Å². The van der Waals surface area contributed by atoms with Gasteiger partial charge < -0.3 is 15.5 Å². The van der Waals surface area contributed by atoms with Gasteiger partial charge >= 0.3 is 0 Å². The highest BCUT2D eigenvalue weighted by atomic mass is 127. The Bertz CT molecular complexity index is 864. The van der Waals surface area contributed by atoms with E-state index in [2.05, 4.69) is 64.5 Å². The third-order valence-corrected chi connectivity index (χ3v) is 7.23. The van der Waals surface area contributed by atoms with E-state index < -0.39 is 0 Å². The first-order valence-corrected chi connectivity index (χ1v) is 11.0. The van der Waals surface area contributed by atoms with E-state index in [-0.39, 0.29) is 11.7 Å². The van der Waals surface area contributed by atoms with E-state index in [4.69, 9.17) is 10.5 Å². The topological polar surface area (TPSA) is 71.3 Å². The zero-order valence-electron chi connectivity index (χ0n) is 16.0. The normalized spacial score (nSPS) is 18.0. The van der Waals surface area contributed by atoms with Gasteiger partial charge in [0.25, 0.3) is 5.56 Å². The van der Waals surface area contributed by atoms with Crippen molar-refractivity contribution in [2.75, 3.05) is 26.2 Å². The van der Waals surface area contributed by atoms with Crippen molar-refractivity contribution in [2.45, 2.75) is 43.2 Å². The van der Waals surface area contributed by atoms with Crippen LogP contribution in [0, 0.1) is 24.3 Å². The molecule has 1 fully saturated rings. The summed E-state index contributed by atoms with van der Waals surface area (Å²) in [6.45, 7) is 9.90. The fourth-order valence-electron chi connectivity index (χ4n) is 3.40. The molecule has 1 aromatic carbocycles. The molecule has 0 saturated carbocycles. The minimum atomic E-state index is -0.0227. The number of aromatic amines is 1. The van der Waals surface area contributed by atoms with E-state index in [1.54, 1.807) is 11.8 Å². The maximum absolute atomic E-state index is 12.4. The Balaban J connectivity index is 1.95. The van der Waals surface area contributed by atoms with Crippen LogP contribution >= 0.6 is 34.4 Å². The van der Waals surface area contributed by atoms with E-state index in [9.17, 15) is 4.79 Å². The summed E-state index contributed by atoms with van der Waals surface area (Å²) < 4.78 is 6.44. The molecule has 5 nitrogen and oxygen atoms in total. The van der Waals surface area contributed by atoms with Gasteiger partial charge in [-0.25, -0.2) is 0 Å². The number of hydrogen-bond donors (Lipinski definition) is 2. The number of nitrogens with one attached hydrogen (secondary N) is 1. The van der Waals surface area contributed by atoms with Crippen LogP contribution in [0.2, 0.25) is 0 Å². The number of nitrogens with zero attached hydrogens (tertiary/aromatic N) is 1. The van der Waals surface area contributed by atoms with Crippen molar-refractivity contribution in [3.8, 4) is 0 Å². The second-order valence-corrected chi connectivity index (χ2v) is 9.25. The Morgan fingerprint density at radius 2 is 2.00 bits per heavy atom. The molecule has 3 rings (SSSR count). The Labute approximate surface area is 178 Å². The Morgan fingerprint density at radius 3 is 2.67 bits per heavy atom. The number of halogens is 1. The van der Waals surface area contributed by atoms with Crippen LogP contribution in [-0.4, -0.2) is 42.2 Å². The fraction of sp³-hybridized carbons (Fsp3) is 0.450. The van der Waals surface area contributed by atoms with E-state index in [1.807, 2.05) is 6.92 Å². The van der Waals surface area contributed by atoms with E-state index in [1.165, 1.54) is 21.6 Å². The quantitative estimate of drug-likeness (QED) is 0.619. The summed E-state index contributed by atoms with van der Waals surface area (Å²) >= 11 is 3.85. The minimum absolute atomic E-state index is 0.0227. The van der Waals surface area contributed by atoms with Gasteiger partial charge in [-0.15, -0.1) is 0 Å².